The number of carbonyl (C=O) groups is 1. The van der Waals surface area contributed by atoms with Gasteiger partial charge in [0.1, 0.15) is 5.82 Å². The molecule has 1 aromatic carbocycles. The number of anilines is 2. The molecule has 0 unspecified atom stereocenters. The van der Waals surface area contributed by atoms with E-state index in [-0.39, 0.29) is 5.97 Å². The Balaban J connectivity index is 1.53. The molecule has 3 rings (SSSR count). The molecule has 0 aliphatic carbocycles. The lowest BCUT2D eigenvalue weighted by Crippen LogP contribution is -2.46. The van der Waals surface area contributed by atoms with Crippen molar-refractivity contribution in [3.8, 4) is 0 Å². The monoisotopic (exact) mass is 354 g/mol. The summed E-state index contributed by atoms with van der Waals surface area (Å²) in [5.41, 5.74) is 2.98. The highest BCUT2D eigenvalue weighted by Gasteiger charge is 2.18. The topological polar surface area (TPSA) is 48.9 Å². The Morgan fingerprint density at radius 2 is 1.77 bits per heavy atom. The van der Waals surface area contributed by atoms with Crippen LogP contribution in [-0.2, 0) is 11.3 Å². The number of methoxy groups -OCH3 is 1. The number of nitrogens with zero attached hydrogens (tertiary/aromatic N) is 4. The van der Waals surface area contributed by atoms with Crippen molar-refractivity contribution in [3.05, 3.63) is 53.7 Å². The summed E-state index contributed by atoms with van der Waals surface area (Å²) in [4.78, 5) is 22.8. The first-order valence-electron chi connectivity index (χ1n) is 8.85. The summed E-state index contributed by atoms with van der Waals surface area (Å²) < 4.78 is 4.75. The maximum absolute atomic E-state index is 11.5. The van der Waals surface area contributed by atoms with Crippen LogP contribution < -0.4 is 9.80 Å². The standard InChI is InChI=1S/C20H26N4O2/c1-22(2)19-9-4-16(14-21-19)15-23-10-12-24(13-11-23)18-7-5-17(6-8-18)20(25)26-3/h4-9,14H,10-13,15H2,1-3H3. The van der Waals surface area contributed by atoms with E-state index >= 15 is 0 Å². The molecule has 2 aromatic rings. The molecular weight excluding hydrogens is 328 g/mol. The highest BCUT2D eigenvalue weighted by Crippen LogP contribution is 2.19. The maximum Gasteiger partial charge on any atom is 0.337 e. The summed E-state index contributed by atoms with van der Waals surface area (Å²) in [7, 11) is 5.40. The quantitative estimate of drug-likeness (QED) is 0.768. The van der Waals surface area contributed by atoms with Gasteiger partial charge in [-0.1, -0.05) is 6.07 Å². The number of esters is 1. The van der Waals surface area contributed by atoms with Gasteiger partial charge in [-0.05, 0) is 35.9 Å². The van der Waals surface area contributed by atoms with Gasteiger partial charge >= 0.3 is 5.97 Å². The van der Waals surface area contributed by atoms with Crippen LogP contribution in [0.3, 0.4) is 0 Å². The Morgan fingerprint density at radius 3 is 2.31 bits per heavy atom. The average molecular weight is 354 g/mol. The number of benzene rings is 1. The second kappa shape index (κ2) is 8.19. The minimum absolute atomic E-state index is 0.296. The second-order valence-corrected chi connectivity index (χ2v) is 6.72. The van der Waals surface area contributed by atoms with Crippen LogP contribution in [0.15, 0.2) is 42.6 Å². The fourth-order valence-corrected chi connectivity index (χ4v) is 3.12. The van der Waals surface area contributed by atoms with Gasteiger partial charge in [-0.15, -0.1) is 0 Å². The van der Waals surface area contributed by atoms with Crippen molar-refractivity contribution in [2.24, 2.45) is 0 Å². The number of carbonyl (C=O) groups excluding carboxylic acids is 1. The van der Waals surface area contributed by atoms with Crippen molar-refractivity contribution in [2.45, 2.75) is 6.54 Å². The van der Waals surface area contributed by atoms with E-state index in [9.17, 15) is 4.79 Å². The summed E-state index contributed by atoms with van der Waals surface area (Å²) in [5, 5.41) is 0. The third-order valence-corrected chi connectivity index (χ3v) is 4.70. The van der Waals surface area contributed by atoms with E-state index in [0.717, 1.165) is 44.2 Å². The zero-order valence-corrected chi connectivity index (χ0v) is 15.7. The highest BCUT2D eigenvalue weighted by molar-refractivity contribution is 5.89. The molecule has 0 N–H and O–H groups in total. The summed E-state index contributed by atoms with van der Waals surface area (Å²) >= 11 is 0. The zero-order valence-electron chi connectivity index (χ0n) is 15.7. The lowest BCUT2D eigenvalue weighted by Gasteiger charge is -2.36. The molecule has 0 bridgehead atoms. The predicted molar refractivity (Wildman–Crippen MR) is 104 cm³/mol. The molecule has 1 saturated heterocycles. The van der Waals surface area contributed by atoms with Crippen LogP contribution in [0.4, 0.5) is 11.5 Å². The Kier molecular flexibility index (Phi) is 5.73. The minimum Gasteiger partial charge on any atom is -0.465 e. The Bertz CT molecular complexity index is 720. The molecule has 6 nitrogen and oxygen atoms in total. The molecule has 1 aliphatic heterocycles. The molecule has 0 spiro atoms. The van der Waals surface area contributed by atoms with Crippen LogP contribution in [0.2, 0.25) is 0 Å². The lowest BCUT2D eigenvalue weighted by atomic mass is 10.1. The van der Waals surface area contributed by atoms with Crippen LogP contribution >= 0.6 is 0 Å². The van der Waals surface area contributed by atoms with E-state index in [2.05, 4.69) is 26.9 Å². The largest absolute Gasteiger partial charge is 0.465 e. The number of ether oxygens (including phenoxy) is 1. The van der Waals surface area contributed by atoms with Crippen LogP contribution in [0, 0.1) is 0 Å². The van der Waals surface area contributed by atoms with Gasteiger partial charge in [-0.2, -0.15) is 0 Å². The summed E-state index contributed by atoms with van der Waals surface area (Å²) in [6.45, 7) is 4.89. The molecule has 0 saturated carbocycles. The number of hydrogen-bond donors (Lipinski definition) is 0. The van der Waals surface area contributed by atoms with Crippen molar-refractivity contribution < 1.29 is 9.53 Å². The molecule has 0 amide bonds. The van der Waals surface area contributed by atoms with E-state index < -0.39 is 0 Å². The van der Waals surface area contributed by atoms with Gasteiger partial charge < -0.3 is 14.5 Å². The van der Waals surface area contributed by atoms with Crippen LogP contribution in [0.1, 0.15) is 15.9 Å². The normalized spacial score (nSPS) is 15.0. The first kappa shape index (κ1) is 18.2. The fraction of sp³-hybridized carbons (Fsp3) is 0.400. The van der Waals surface area contributed by atoms with Crippen LogP contribution in [0.5, 0.6) is 0 Å². The molecule has 0 radical (unpaired) electrons. The van der Waals surface area contributed by atoms with Gasteiger partial charge in [0.15, 0.2) is 0 Å². The molecule has 1 aliphatic rings. The Morgan fingerprint density at radius 1 is 1.08 bits per heavy atom. The number of aromatic nitrogens is 1. The van der Waals surface area contributed by atoms with E-state index in [4.69, 9.17) is 4.74 Å². The number of rotatable bonds is 5. The molecule has 0 atom stereocenters. The van der Waals surface area contributed by atoms with Crippen LogP contribution in [0.25, 0.3) is 0 Å². The summed E-state index contributed by atoms with van der Waals surface area (Å²) in [5.74, 6) is 0.684. The maximum atomic E-state index is 11.5. The second-order valence-electron chi connectivity index (χ2n) is 6.72. The molecule has 1 fully saturated rings. The van der Waals surface area contributed by atoms with Gasteiger partial charge in [-0.25, -0.2) is 9.78 Å². The van der Waals surface area contributed by atoms with Crippen molar-refractivity contribution in [1.82, 2.24) is 9.88 Å². The molecule has 138 valence electrons. The Hall–Kier alpha value is -2.60. The highest BCUT2D eigenvalue weighted by atomic mass is 16.5. The van der Waals surface area contributed by atoms with Crippen molar-refractivity contribution in [2.75, 3.05) is 57.2 Å². The third-order valence-electron chi connectivity index (χ3n) is 4.70. The van der Waals surface area contributed by atoms with E-state index in [1.165, 1.54) is 12.7 Å². The fourth-order valence-electron chi connectivity index (χ4n) is 3.12. The first-order valence-corrected chi connectivity index (χ1v) is 8.85. The van der Waals surface area contributed by atoms with Gasteiger partial charge in [0.05, 0.1) is 12.7 Å². The predicted octanol–water partition coefficient (Wildman–Crippen LogP) is 2.26. The van der Waals surface area contributed by atoms with Gasteiger partial charge in [0.2, 0.25) is 0 Å². The van der Waals surface area contributed by atoms with Crippen molar-refractivity contribution in [3.63, 3.8) is 0 Å². The Labute approximate surface area is 155 Å². The average Bonchev–Trinajstić information content (AvgIpc) is 2.68. The smallest absolute Gasteiger partial charge is 0.337 e. The zero-order chi connectivity index (χ0) is 18.5. The molecule has 2 heterocycles. The summed E-state index contributed by atoms with van der Waals surface area (Å²) in [6, 6.07) is 11.9. The molecule has 26 heavy (non-hydrogen) atoms. The SMILES string of the molecule is COC(=O)c1ccc(N2CCN(Cc3ccc(N(C)C)nc3)CC2)cc1. The van der Waals surface area contributed by atoms with E-state index in [1.807, 2.05) is 49.5 Å². The van der Waals surface area contributed by atoms with Gasteiger partial charge in [-0.3, -0.25) is 4.90 Å². The first-order chi connectivity index (χ1) is 12.6. The number of piperazine rings is 1. The molecule has 6 heteroatoms. The number of pyridine rings is 1. The van der Waals surface area contributed by atoms with Crippen molar-refractivity contribution in [1.29, 1.82) is 0 Å². The van der Waals surface area contributed by atoms with Crippen LogP contribution in [-0.4, -0.2) is 63.2 Å². The molecule has 1 aromatic heterocycles. The van der Waals surface area contributed by atoms with E-state index in [0.29, 0.717) is 5.56 Å². The van der Waals surface area contributed by atoms with Crippen molar-refractivity contribution >= 4 is 17.5 Å². The molecular formula is C20H26N4O2. The minimum atomic E-state index is -0.296. The van der Waals surface area contributed by atoms with E-state index in [1.54, 1.807) is 0 Å². The van der Waals surface area contributed by atoms with Gasteiger partial charge in [0.25, 0.3) is 0 Å². The summed E-state index contributed by atoms with van der Waals surface area (Å²) in [6.07, 6.45) is 1.97. The lowest BCUT2D eigenvalue weighted by molar-refractivity contribution is 0.0601. The number of hydrogen-bond acceptors (Lipinski definition) is 6. The third kappa shape index (κ3) is 4.32. The van der Waals surface area contributed by atoms with Gasteiger partial charge in [0, 0.05) is 58.7 Å².